The number of rotatable bonds is 7. The molecule has 1 amide bonds. The molecule has 1 aliphatic heterocycles. The van der Waals surface area contributed by atoms with Crippen molar-refractivity contribution >= 4 is 5.91 Å². The van der Waals surface area contributed by atoms with Crippen LogP contribution in [0.2, 0.25) is 0 Å². The third-order valence-corrected chi connectivity index (χ3v) is 4.40. The molecule has 1 heterocycles. The van der Waals surface area contributed by atoms with Gasteiger partial charge in [0, 0.05) is 6.04 Å². The molecule has 4 nitrogen and oxygen atoms in total. The number of carbonyl (C=O) groups excluding carboxylic acids is 1. The molecule has 3 unspecified atom stereocenters. The first kappa shape index (κ1) is 17.4. The largest absolute Gasteiger partial charge is 0.323 e. The molecule has 1 N–H and O–H groups in total. The second kappa shape index (κ2) is 6.90. The summed E-state index contributed by atoms with van der Waals surface area (Å²) in [7, 11) is 4.16. The molecule has 0 spiro atoms. The van der Waals surface area contributed by atoms with Crippen LogP contribution >= 0.6 is 0 Å². The van der Waals surface area contributed by atoms with Crippen molar-refractivity contribution in [1.82, 2.24) is 15.1 Å². The van der Waals surface area contributed by atoms with Gasteiger partial charge in [-0.1, -0.05) is 20.8 Å². The maximum atomic E-state index is 12.8. The van der Waals surface area contributed by atoms with Gasteiger partial charge in [0.05, 0.1) is 11.7 Å². The lowest BCUT2D eigenvalue weighted by atomic mass is 9.99. The van der Waals surface area contributed by atoms with Gasteiger partial charge < -0.3 is 9.80 Å². The number of amides is 1. The van der Waals surface area contributed by atoms with E-state index in [9.17, 15) is 4.79 Å². The summed E-state index contributed by atoms with van der Waals surface area (Å²) in [6.45, 7) is 11.8. The van der Waals surface area contributed by atoms with Gasteiger partial charge in [-0.25, -0.2) is 0 Å². The Labute approximate surface area is 124 Å². The highest BCUT2D eigenvalue weighted by Crippen LogP contribution is 2.29. The first-order chi connectivity index (χ1) is 9.21. The molecular formula is C16H33N3O. The first-order valence-corrected chi connectivity index (χ1v) is 7.96. The fourth-order valence-corrected chi connectivity index (χ4v) is 2.89. The van der Waals surface area contributed by atoms with Crippen LogP contribution in [0.4, 0.5) is 0 Å². The molecule has 0 aromatic rings. The Kier molecular flexibility index (Phi) is 6.02. The van der Waals surface area contributed by atoms with Gasteiger partial charge in [-0.3, -0.25) is 10.1 Å². The van der Waals surface area contributed by atoms with Gasteiger partial charge in [0.1, 0.15) is 0 Å². The number of nitrogens with one attached hydrogen (secondary N) is 1. The standard InChI is InChI=1S/C16H33N3O/c1-8-16(5)15(20)19(13(4)9-10-18(6)7)14(17-16)11-12(2)3/h12-14,17H,8-11H2,1-7H3. The van der Waals surface area contributed by atoms with Gasteiger partial charge >= 0.3 is 0 Å². The quantitative estimate of drug-likeness (QED) is 0.779. The van der Waals surface area contributed by atoms with E-state index in [-0.39, 0.29) is 23.7 Å². The van der Waals surface area contributed by atoms with E-state index in [1.54, 1.807) is 0 Å². The Morgan fingerprint density at radius 1 is 1.35 bits per heavy atom. The molecular weight excluding hydrogens is 250 g/mol. The Hall–Kier alpha value is -0.610. The highest BCUT2D eigenvalue weighted by atomic mass is 16.2. The minimum absolute atomic E-state index is 0.185. The van der Waals surface area contributed by atoms with Gasteiger partial charge in [0.15, 0.2) is 0 Å². The zero-order valence-corrected chi connectivity index (χ0v) is 14.4. The summed E-state index contributed by atoms with van der Waals surface area (Å²) in [6, 6.07) is 0.287. The highest BCUT2D eigenvalue weighted by molar-refractivity contribution is 5.88. The molecule has 0 bridgehead atoms. The topological polar surface area (TPSA) is 35.6 Å². The zero-order valence-electron chi connectivity index (χ0n) is 14.4. The normalized spacial score (nSPS) is 28.8. The minimum atomic E-state index is -0.383. The lowest BCUT2D eigenvalue weighted by Gasteiger charge is -2.32. The average molecular weight is 283 g/mol. The molecule has 0 aromatic carbocycles. The van der Waals surface area contributed by atoms with Crippen molar-refractivity contribution in [2.45, 2.75) is 71.6 Å². The van der Waals surface area contributed by atoms with E-state index in [1.807, 2.05) is 6.92 Å². The van der Waals surface area contributed by atoms with Crippen molar-refractivity contribution in [3.8, 4) is 0 Å². The number of hydrogen-bond donors (Lipinski definition) is 1. The lowest BCUT2D eigenvalue weighted by Crippen LogP contribution is -2.45. The Morgan fingerprint density at radius 2 is 1.95 bits per heavy atom. The first-order valence-electron chi connectivity index (χ1n) is 7.96. The van der Waals surface area contributed by atoms with Gasteiger partial charge in [0.2, 0.25) is 5.91 Å². The molecule has 1 aliphatic rings. The van der Waals surface area contributed by atoms with Gasteiger partial charge in [-0.15, -0.1) is 0 Å². The Morgan fingerprint density at radius 3 is 2.40 bits per heavy atom. The zero-order chi connectivity index (χ0) is 15.5. The van der Waals surface area contributed by atoms with E-state index in [4.69, 9.17) is 0 Å². The molecule has 118 valence electrons. The molecule has 1 saturated heterocycles. The Balaban J connectivity index is 2.83. The van der Waals surface area contributed by atoms with Crippen molar-refractivity contribution in [3.63, 3.8) is 0 Å². The third kappa shape index (κ3) is 3.95. The van der Waals surface area contributed by atoms with Crippen molar-refractivity contribution in [2.75, 3.05) is 20.6 Å². The van der Waals surface area contributed by atoms with Crippen molar-refractivity contribution < 1.29 is 4.79 Å². The fourth-order valence-electron chi connectivity index (χ4n) is 2.89. The Bertz CT molecular complexity index is 330. The molecule has 0 aromatic heterocycles. The SMILES string of the molecule is CCC1(C)NC(CC(C)C)N(C(C)CCN(C)C)C1=O. The molecule has 4 heteroatoms. The summed E-state index contributed by atoms with van der Waals surface area (Å²) >= 11 is 0. The number of carbonyl (C=O) groups is 1. The third-order valence-electron chi connectivity index (χ3n) is 4.40. The van der Waals surface area contributed by atoms with E-state index >= 15 is 0 Å². The monoisotopic (exact) mass is 283 g/mol. The lowest BCUT2D eigenvalue weighted by molar-refractivity contribution is -0.135. The molecule has 0 radical (unpaired) electrons. The molecule has 0 saturated carbocycles. The van der Waals surface area contributed by atoms with Crippen molar-refractivity contribution in [2.24, 2.45) is 5.92 Å². The summed E-state index contributed by atoms with van der Waals surface area (Å²) < 4.78 is 0. The van der Waals surface area contributed by atoms with Crippen LogP contribution in [0.5, 0.6) is 0 Å². The average Bonchev–Trinajstić information content (AvgIpc) is 2.58. The summed E-state index contributed by atoms with van der Waals surface area (Å²) in [5.74, 6) is 0.861. The number of nitrogens with zero attached hydrogens (tertiary/aromatic N) is 2. The highest BCUT2D eigenvalue weighted by Gasteiger charge is 2.48. The molecule has 3 atom stereocenters. The smallest absolute Gasteiger partial charge is 0.244 e. The minimum Gasteiger partial charge on any atom is -0.323 e. The maximum absolute atomic E-state index is 12.8. The van der Waals surface area contributed by atoms with E-state index in [0.29, 0.717) is 5.92 Å². The molecule has 0 aliphatic carbocycles. The van der Waals surface area contributed by atoms with Crippen molar-refractivity contribution in [1.29, 1.82) is 0 Å². The van der Waals surface area contributed by atoms with Crippen LogP contribution in [0.1, 0.15) is 53.9 Å². The van der Waals surface area contributed by atoms with Crippen LogP contribution in [0.15, 0.2) is 0 Å². The summed E-state index contributed by atoms with van der Waals surface area (Å²) in [5, 5.41) is 3.58. The summed E-state index contributed by atoms with van der Waals surface area (Å²) in [4.78, 5) is 17.1. The van der Waals surface area contributed by atoms with Crippen molar-refractivity contribution in [3.05, 3.63) is 0 Å². The van der Waals surface area contributed by atoms with Crippen LogP contribution in [-0.2, 0) is 4.79 Å². The van der Waals surface area contributed by atoms with Crippen LogP contribution in [0.3, 0.4) is 0 Å². The predicted octanol–water partition coefficient (Wildman–Crippen LogP) is 2.30. The second-order valence-electron chi connectivity index (χ2n) is 7.13. The van der Waals surface area contributed by atoms with Crippen LogP contribution in [0, 0.1) is 5.92 Å². The van der Waals surface area contributed by atoms with Crippen LogP contribution in [0.25, 0.3) is 0 Å². The molecule has 20 heavy (non-hydrogen) atoms. The summed E-state index contributed by atoms with van der Waals surface area (Å²) in [5.41, 5.74) is -0.383. The molecule has 1 rings (SSSR count). The van der Waals surface area contributed by atoms with Crippen LogP contribution in [-0.4, -0.2) is 54.1 Å². The van der Waals surface area contributed by atoms with Gasteiger partial charge in [-0.05, 0) is 59.7 Å². The van der Waals surface area contributed by atoms with E-state index in [0.717, 1.165) is 25.8 Å². The van der Waals surface area contributed by atoms with Gasteiger partial charge in [-0.2, -0.15) is 0 Å². The molecule has 1 fully saturated rings. The predicted molar refractivity (Wildman–Crippen MR) is 84.6 cm³/mol. The second-order valence-corrected chi connectivity index (χ2v) is 7.13. The van der Waals surface area contributed by atoms with E-state index in [2.05, 4.69) is 56.9 Å². The summed E-state index contributed by atoms with van der Waals surface area (Å²) in [6.07, 6.45) is 3.07. The van der Waals surface area contributed by atoms with E-state index in [1.165, 1.54) is 0 Å². The van der Waals surface area contributed by atoms with E-state index < -0.39 is 0 Å². The fraction of sp³-hybridized carbons (Fsp3) is 0.938. The van der Waals surface area contributed by atoms with Gasteiger partial charge in [0.25, 0.3) is 0 Å². The maximum Gasteiger partial charge on any atom is 0.244 e. The number of hydrogen-bond acceptors (Lipinski definition) is 3. The van der Waals surface area contributed by atoms with Crippen LogP contribution < -0.4 is 5.32 Å².